The summed E-state index contributed by atoms with van der Waals surface area (Å²) in [4.78, 5) is 0. The molecular formula is C15H14N4O. The molecule has 0 aromatic heterocycles. The molecule has 0 aliphatic heterocycles. The molecule has 1 aromatic carbocycles. The second kappa shape index (κ2) is 8.19. The number of benzene rings is 1. The quantitative estimate of drug-likeness (QED) is 0.630. The third-order valence-electron chi connectivity index (χ3n) is 2.48. The van der Waals surface area contributed by atoms with E-state index in [1.54, 1.807) is 42.5 Å². The van der Waals surface area contributed by atoms with Crippen LogP contribution in [0.2, 0.25) is 0 Å². The molecular weight excluding hydrogens is 252 g/mol. The monoisotopic (exact) mass is 266 g/mol. The van der Waals surface area contributed by atoms with Crippen molar-refractivity contribution in [2.45, 2.75) is 19.8 Å². The van der Waals surface area contributed by atoms with Gasteiger partial charge in [-0.05, 0) is 30.7 Å². The fraction of sp³-hybridized carbons (Fsp3) is 0.267. The lowest BCUT2D eigenvalue weighted by atomic mass is 10.2. The summed E-state index contributed by atoms with van der Waals surface area (Å²) in [5.74, 6) is 0.743. The third kappa shape index (κ3) is 4.37. The van der Waals surface area contributed by atoms with E-state index >= 15 is 0 Å². The number of rotatable bonds is 6. The van der Waals surface area contributed by atoms with E-state index in [0.29, 0.717) is 12.3 Å². The zero-order chi connectivity index (χ0) is 14.8. The molecule has 0 radical (unpaired) electrons. The molecule has 5 heteroatoms. The first-order valence-electron chi connectivity index (χ1n) is 6.19. The summed E-state index contributed by atoms with van der Waals surface area (Å²) in [6, 6.07) is 12.1. The van der Waals surface area contributed by atoms with E-state index < -0.39 is 0 Å². The van der Waals surface area contributed by atoms with Gasteiger partial charge in [0.25, 0.3) is 0 Å². The van der Waals surface area contributed by atoms with Crippen LogP contribution in [0, 0.1) is 34.0 Å². The lowest BCUT2D eigenvalue weighted by Crippen LogP contribution is -2.01. The fourth-order valence-corrected chi connectivity index (χ4v) is 1.40. The van der Waals surface area contributed by atoms with Crippen LogP contribution in [0.1, 0.15) is 19.8 Å². The summed E-state index contributed by atoms with van der Waals surface area (Å²) in [7, 11) is 0. The second-order valence-electron chi connectivity index (χ2n) is 3.94. The molecule has 0 fully saturated rings. The van der Waals surface area contributed by atoms with Gasteiger partial charge < -0.3 is 10.1 Å². The number of nitrogens with one attached hydrogen (secondary N) is 1. The van der Waals surface area contributed by atoms with Gasteiger partial charge in [-0.1, -0.05) is 13.3 Å². The number of nitrogens with zero attached hydrogens (tertiary/aromatic N) is 3. The van der Waals surface area contributed by atoms with Gasteiger partial charge in [0.2, 0.25) is 0 Å². The van der Waals surface area contributed by atoms with E-state index in [9.17, 15) is 0 Å². The minimum absolute atomic E-state index is 0.0605. The Hall–Kier alpha value is -2.97. The Bertz CT molecular complexity index is 581. The first kappa shape index (κ1) is 15.1. The molecule has 1 N–H and O–H groups in total. The van der Waals surface area contributed by atoms with Crippen LogP contribution in [0.3, 0.4) is 0 Å². The average molecular weight is 266 g/mol. The van der Waals surface area contributed by atoms with E-state index in [1.165, 1.54) is 0 Å². The summed E-state index contributed by atoms with van der Waals surface area (Å²) in [6.07, 6.45) is 2.07. The summed E-state index contributed by atoms with van der Waals surface area (Å²) < 4.78 is 5.51. The maximum Gasteiger partial charge on any atom is 0.163 e. The zero-order valence-electron chi connectivity index (χ0n) is 11.2. The lowest BCUT2D eigenvalue weighted by molar-refractivity contribution is 0.309. The van der Waals surface area contributed by atoms with Crippen molar-refractivity contribution in [3.63, 3.8) is 0 Å². The topological polar surface area (TPSA) is 92.6 Å². The fourth-order valence-electron chi connectivity index (χ4n) is 1.40. The zero-order valence-corrected chi connectivity index (χ0v) is 11.2. The highest BCUT2D eigenvalue weighted by Gasteiger charge is 2.05. The Morgan fingerprint density at radius 1 is 1.10 bits per heavy atom. The van der Waals surface area contributed by atoms with Crippen molar-refractivity contribution in [1.82, 2.24) is 0 Å². The molecule has 5 nitrogen and oxygen atoms in total. The van der Waals surface area contributed by atoms with Gasteiger partial charge in [0.15, 0.2) is 5.57 Å². The van der Waals surface area contributed by atoms with Crippen LogP contribution in [0.15, 0.2) is 35.5 Å². The smallest absolute Gasteiger partial charge is 0.163 e. The normalized spacial score (nSPS) is 8.70. The predicted octanol–water partition coefficient (Wildman–Crippen LogP) is 3.10. The van der Waals surface area contributed by atoms with Crippen molar-refractivity contribution in [3.05, 3.63) is 35.5 Å². The van der Waals surface area contributed by atoms with Crippen molar-refractivity contribution < 1.29 is 4.74 Å². The van der Waals surface area contributed by atoms with Gasteiger partial charge in [-0.3, -0.25) is 0 Å². The summed E-state index contributed by atoms with van der Waals surface area (Å²) >= 11 is 0. The minimum atomic E-state index is -0.240. The lowest BCUT2D eigenvalue weighted by Gasteiger charge is -2.07. The van der Waals surface area contributed by atoms with E-state index in [1.807, 2.05) is 0 Å². The van der Waals surface area contributed by atoms with Crippen LogP contribution in [-0.2, 0) is 0 Å². The van der Waals surface area contributed by atoms with Crippen molar-refractivity contribution in [3.8, 4) is 24.0 Å². The number of hydrogen-bond donors (Lipinski definition) is 1. The molecule has 0 amide bonds. The number of unbranched alkanes of at least 4 members (excludes halogenated alkanes) is 1. The van der Waals surface area contributed by atoms with Gasteiger partial charge in [-0.25, -0.2) is 0 Å². The Kier molecular flexibility index (Phi) is 6.18. The maximum absolute atomic E-state index is 8.92. The van der Waals surface area contributed by atoms with E-state index in [0.717, 1.165) is 18.6 Å². The molecule has 20 heavy (non-hydrogen) atoms. The Morgan fingerprint density at radius 2 is 1.75 bits per heavy atom. The molecule has 100 valence electrons. The van der Waals surface area contributed by atoms with Crippen LogP contribution >= 0.6 is 0 Å². The van der Waals surface area contributed by atoms with Crippen LogP contribution in [0.4, 0.5) is 5.69 Å². The summed E-state index contributed by atoms with van der Waals surface area (Å²) in [5, 5.41) is 29.1. The van der Waals surface area contributed by atoms with Crippen molar-refractivity contribution >= 4 is 5.69 Å². The van der Waals surface area contributed by atoms with Crippen molar-refractivity contribution in [1.29, 1.82) is 15.8 Å². The minimum Gasteiger partial charge on any atom is -0.494 e. The Balaban J connectivity index is 2.76. The number of allylic oxidation sites excluding steroid dienone is 2. The SMILES string of the molecule is CCCCOc1ccc(NC(C#N)=C(C#N)C#N)cc1. The highest BCUT2D eigenvalue weighted by molar-refractivity contribution is 5.58. The van der Waals surface area contributed by atoms with Gasteiger partial charge >= 0.3 is 0 Å². The van der Waals surface area contributed by atoms with Crippen LogP contribution < -0.4 is 10.1 Å². The molecule has 0 saturated carbocycles. The van der Waals surface area contributed by atoms with Gasteiger partial charge in [-0.2, -0.15) is 15.8 Å². The second-order valence-corrected chi connectivity index (χ2v) is 3.94. The molecule has 0 aliphatic rings. The van der Waals surface area contributed by atoms with Crippen molar-refractivity contribution in [2.24, 2.45) is 0 Å². The third-order valence-corrected chi connectivity index (χ3v) is 2.48. The number of anilines is 1. The molecule has 1 aromatic rings. The predicted molar refractivity (Wildman–Crippen MR) is 74.3 cm³/mol. The van der Waals surface area contributed by atoms with Crippen LogP contribution in [0.25, 0.3) is 0 Å². The van der Waals surface area contributed by atoms with Gasteiger partial charge in [0.05, 0.1) is 6.61 Å². The van der Waals surface area contributed by atoms with Gasteiger partial charge in [0, 0.05) is 5.69 Å². The first-order chi connectivity index (χ1) is 9.74. The summed E-state index contributed by atoms with van der Waals surface area (Å²) in [5.41, 5.74) is 0.317. The van der Waals surface area contributed by atoms with E-state index in [2.05, 4.69) is 12.2 Å². The van der Waals surface area contributed by atoms with Crippen LogP contribution in [-0.4, -0.2) is 6.61 Å². The van der Waals surface area contributed by atoms with E-state index in [4.69, 9.17) is 20.5 Å². The molecule has 0 heterocycles. The average Bonchev–Trinajstić information content (AvgIpc) is 2.49. The standard InChI is InChI=1S/C15H14N4O/c1-2-3-8-20-14-6-4-13(5-7-14)19-15(11-18)12(9-16)10-17/h4-7,19H,2-3,8H2,1H3. The number of ether oxygens (including phenoxy) is 1. The number of hydrogen-bond acceptors (Lipinski definition) is 5. The molecule has 0 aliphatic carbocycles. The molecule has 0 saturated heterocycles. The molecule has 0 atom stereocenters. The first-order valence-corrected chi connectivity index (χ1v) is 6.19. The highest BCUT2D eigenvalue weighted by atomic mass is 16.5. The van der Waals surface area contributed by atoms with Gasteiger partial charge in [-0.15, -0.1) is 0 Å². The molecule has 0 unspecified atom stereocenters. The molecule has 0 bridgehead atoms. The summed E-state index contributed by atoms with van der Waals surface area (Å²) in [6.45, 7) is 2.76. The number of nitriles is 3. The van der Waals surface area contributed by atoms with Crippen LogP contribution in [0.5, 0.6) is 5.75 Å². The van der Waals surface area contributed by atoms with E-state index in [-0.39, 0.29) is 11.3 Å². The van der Waals surface area contributed by atoms with Gasteiger partial charge in [0.1, 0.15) is 29.7 Å². The van der Waals surface area contributed by atoms with Crippen molar-refractivity contribution in [2.75, 3.05) is 11.9 Å². The maximum atomic E-state index is 8.92. The molecule has 1 rings (SSSR count). The highest BCUT2D eigenvalue weighted by Crippen LogP contribution is 2.18. The Morgan fingerprint density at radius 3 is 2.25 bits per heavy atom. The Labute approximate surface area is 118 Å². The largest absolute Gasteiger partial charge is 0.494 e. The molecule has 0 spiro atoms.